The zero-order valence-corrected chi connectivity index (χ0v) is 24.4. The van der Waals surface area contributed by atoms with Crippen molar-refractivity contribution >= 4 is 37.8 Å². The lowest BCUT2D eigenvalue weighted by Crippen LogP contribution is -2.32. The molecular formula is C26H33N3O6S3. The van der Waals surface area contributed by atoms with Gasteiger partial charge in [-0.3, -0.25) is 0 Å². The number of nitrogens with zero attached hydrogens (tertiary/aromatic N) is 2. The molecule has 3 rings (SSSR count). The number of sulfonamides is 2. The van der Waals surface area contributed by atoms with Crippen LogP contribution in [0.25, 0.3) is 11.1 Å². The lowest BCUT2D eigenvalue weighted by atomic mass is 10.0. The van der Waals surface area contributed by atoms with Crippen LogP contribution in [-0.4, -0.2) is 51.0 Å². The van der Waals surface area contributed by atoms with Crippen molar-refractivity contribution in [1.29, 1.82) is 0 Å². The maximum absolute atomic E-state index is 12.9. The number of benzene rings is 2. The maximum atomic E-state index is 12.9. The molecule has 1 heterocycles. The van der Waals surface area contributed by atoms with Crippen LogP contribution in [0.1, 0.15) is 55.5 Å². The molecular weight excluding hydrogens is 547 g/mol. The predicted octanol–water partition coefficient (Wildman–Crippen LogP) is 4.47. The molecule has 1 N–H and O–H groups in total. The van der Waals surface area contributed by atoms with Crippen LogP contribution in [0.3, 0.4) is 0 Å². The highest BCUT2D eigenvalue weighted by Crippen LogP contribution is 2.29. The van der Waals surface area contributed by atoms with Gasteiger partial charge in [0, 0.05) is 18.5 Å². The average molecular weight is 580 g/mol. The van der Waals surface area contributed by atoms with Gasteiger partial charge in [0.15, 0.2) is 5.69 Å². The van der Waals surface area contributed by atoms with Crippen molar-refractivity contribution in [3.63, 3.8) is 0 Å². The lowest BCUT2D eigenvalue weighted by Gasteiger charge is -2.14. The smallest absolute Gasteiger partial charge is 0.357 e. The van der Waals surface area contributed by atoms with Gasteiger partial charge in [-0.25, -0.2) is 26.6 Å². The first-order valence-electron chi connectivity index (χ1n) is 12.3. The van der Waals surface area contributed by atoms with Crippen molar-refractivity contribution in [2.24, 2.45) is 0 Å². The van der Waals surface area contributed by atoms with Gasteiger partial charge in [0.05, 0.1) is 17.3 Å². The molecule has 3 aromatic rings. The molecule has 0 aliphatic rings. The Hall–Kier alpha value is -2.67. The molecule has 0 amide bonds. The number of carbonyl (C=O) groups excluding carboxylic acids is 1. The number of nitrogens with one attached hydrogen (secondary N) is 1. The van der Waals surface area contributed by atoms with Crippen molar-refractivity contribution in [3.8, 4) is 11.1 Å². The van der Waals surface area contributed by atoms with Crippen molar-refractivity contribution < 1.29 is 26.4 Å². The number of esters is 1. The Labute approximate surface area is 229 Å². The first-order valence-corrected chi connectivity index (χ1v) is 16.7. The number of aryl methyl sites for hydroxylation is 1. The normalized spacial score (nSPS) is 12.0. The summed E-state index contributed by atoms with van der Waals surface area (Å²) in [5.41, 5.74) is 2.29. The molecule has 0 aliphatic heterocycles. The second-order valence-corrected chi connectivity index (χ2v) is 13.2. The van der Waals surface area contributed by atoms with Gasteiger partial charge in [-0.2, -0.15) is 0 Å². The van der Waals surface area contributed by atoms with E-state index in [1.807, 2.05) is 23.0 Å². The van der Waals surface area contributed by atoms with Crippen molar-refractivity contribution in [2.75, 3.05) is 18.6 Å². The third-order valence-electron chi connectivity index (χ3n) is 5.83. The summed E-state index contributed by atoms with van der Waals surface area (Å²) in [4.78, 5) is 17.4. The number of hydrogen-bond donors (Lipinski definition) is 1. The van der Waals surface area contributed by atoms with Gasteiger partial charge >= 0.3 is 5.97 Å². The van der Waals surface area contributed by atoms with E-state index in [1.54, 1.807) is 41.4 Å². The number of hydrogen-bond acceptors (Lipinski definition) is 8. The minimum Gasteiger partial charge on any atom is -0.461 e. The molecule has 38 heavy (non-hydrogen) atoms. The highest BCUT2D eigenvalue weighted by Gasteiger charge is 2.25. The van der Waals surface area contributed by atoms with Crippen LogP contribution in [-0.2, 0) is 37.7 Å². The first-order chi connectivity index (χ1) is 18.1. The number of rotatable bonds is 13. The molecule has 0 aliphatic carbocycles. The fourth-order valence-corrected chi connectivity index (χ4v) is 7.38. The van der Waals surface area contributed by atoms with E-state index in [9.17, 15) is 21.6 Å². The molecule has 2 aromatic carbocycles. The quantitative estimate of drug-likeness (QED) is 0.232. The van der Waals surface area contributed by atoms with Gasteiger partial charge in [-0.05, 0) is 43.7 Å². The second kappa shape index (κ2) is 12.9. The summed E-state index contributed by atoms with van der Waals surface area (Å²) >= 11 is 1.40. The van der Waals surface area contributed by atoms with Gasteiger partial charge < -0.3 is 9.30 Å². The molecule has 0 spiro atoms. The summed E-state index contributed by atoms with van der Waals surface area (Å²) < 4.78 is 58.7. The SMILES string of the molecule is CCCCc1nc(SC)c(C(=O)OCC)n1Cc1ccc(-c2ccccc2S(=O)(=O)NS(=O)(=O)CC)cc1. The van der Waals surface area contributed by atoms with E-state index in [4.69, 9.17) is 9.72 Å². The van der Waals surface area contributed by atoms with Gasteiger partial charge in [-0.1, -0.05) is 55.8 Å². The maximum Gasteiger partial charge on any atom is 0.357 e. The molecule has 1 aromatic heterocycles. The number of ether oxygens (including phenoxy) is 1. The fraction of sp³-hybridized carbons (Fsp3) is 0.385. The standard InChI is InChI=1S/C26H33N3O6S3/c1-5-8-13-23-27-25(36-4)24(26(30)35-6-2)29(23)18-19-14-16-20(17-15-19)21-11-9-10-12-22(21)38(33,34)28-37(31,32)7-3/h9-12,14-17,28H,5-8,13,18H2,1-4H3. The van der Waals surface area contributed by atoms with Crippen molar-refractivity contribution in [3.05, 3.63) is 65.6 Å². The third kappa shape index (κ3) is 7.04. The van der Waals surface area contributed by atoms with E-state index < -0.39 is 26.0 Å². The first kappa shape index (κ1) is 29.9. The molecule has 0 saturated carbocycles. The average Bonchev–Trinajstić information content (AvgIpc) is 3.24. The molecule has 0 saturated heterocycles. The summed E-state index contributed by atoms with van der Waals surface area (Å²) in [5, 5.41) is 0.625. The third-order valence-corrected chi connectivity index (χ3v) is 10.1. The lowest BCUT2D eigenvalue weighted by molar-refractivity contribution is 0.0509. The molecule has 0 unspecified atom stereocenters. The van der Waals surface area contributed by atoms with Crippen LogP contribution in [0.2, 0.25) is 0 Å². The molecule has 0 bridgehead atoms. The largest absolute Gasteiger partial charge is 0.461 e. The van der Waals surface area contributed by atoms with Crippen LogP contribution in [0, 0.1) is 0 Å². The summed E-state index contributed by atoms with van der Waals surface area (Å²) in [6, 6.07) is 13.5. The van der Waals surface area contributed by atoms with Gasteiger partial charge in [0.2, 0.25) is 10.0 Å². The minimum atomic E-state index is -4.31. The second-order valence-electron chi connectivity index (χ2n) is 8.48. The molecule has 12 heteroatoms. The monoisotopic (exact) mass is 579 g/mol. The van der Waals surface area contributed by atoms with E-state index >= 15 is 0 Å². The minimum absolute atomic E-state index is 0.129. The fourth-order valence-electron chi connectivity index (χ4n) is 3.89. The molecule has 0 radical (unpaired) electrons. The van der Waals surface area contributed by atoms with Crippen molar-refractivity contribution in [1.82, 2.24) is 13.7 Å². The Kier molecular flexibility index (Phi) is 10.2. The van der Waals surface area contributed by atoms with Crippen molar-refractivity contribution in [2.45, 2.75) is 56.5 Å². The number of thioether (sulfide) groups is 1. The van der Waals surface area contributed by atoms with Crippen LogP contribution in [0.4, 0.5) is 0 Å². The summed E-state index contributed by atoms with van der Waals surface area (Å²) in [6.45, 7) is 5.87. The Morgan fingerprint density at radius 1 is 1.03 bits per heavy atom. The van der Waals surface area contributed by atoms with Gasteiger partial charge in [-0.15, -0.1) is 15.9 Å². The summed E-state index contributed by atoms with van der Waals surface area (Å²) in [6.07, 6.45) is 4.51. The molecule has 9 nitrogen and oxygen atoms in total. The van der Waals surface area contributed by atoms with E-state index in [0.717, 1.165) is 30.7 Å². The topological polar surface area (TPSA) is 124 Å². The summed E-state index contributed by atoms with van der Waals surface area (Å²) in [7, 11) is -8.29. The number of imidazole rings is 1. The Bertz CT molecular complexity index is 1480. The van der Waals surface area contributed by atoms with E-state index in [0.29, 0.717) is 28.4 Å². The number of aromatic nitrogens is 2. The molecule has 206 valence electrons. The summed E-state index contributed by atoms with van der Waals surface area (Å²) in [5.74, 6) is 0.0317. The van der Waals surface area contributed by atoms with E-state index in [-0.39, 0.29) is 17.3 Å². The zero-order chi connectivity index (χ0) is 27.9. The molecule has 0 atom stereocenters. The van der Waals surface area contributed by atoms with E-state index in [1.165, 1.54) is 24.8 Å². The highest BCUT2D eigenvalue weighted by atomic mass is 32.3. The Morgan fingerprint density at radius 2 is 1.71 bits per heavy atom. The number of unbranched alkanes of at least 4 members (excludes halogenated alkanes) is 1. The Balaban J connectivity index is 1.99. The predicted molar refractivity (Wildman–Crippen MR) is 149 cm³/mol. The van der Waals surface area contributed by atoms with E-state index in [2.05, 4.69) is 6.92 Å². The Morgan fingerprint density at radius 3 is 2.32 bits per heavy atom. The van der Waals surface area contributed by atoms with Gasteiger partial charge in [0.1, 0.15) is 10.9 Å². The van der Waals surface area contributed by atoms with Crippen LogP contribution >= 0.6 is 11.8 Å². The van der Waals surface area contributed by atoms with Crippen LogP contribution in [0.15, 0.2) is 58.5 Å². The van der Waals surface area contributed by atoms with Crippen LogP contribution in [0.5, 0.6) is 0 Å². The zero-order valence-electron chi connectivity index (χ0n) is 21.9. The van der Waals surface area contributed by atoms with Crippen LogP contribution < -0.4 is 4.13 Å². The molecule has 0 fully saturated rings. The van der Waals surface area contributed by atoms with Gasteiger partial charge in [0.25, 0.3) is 10.0 Å². The number of carbonyl (C=O) groups is 1. The highest BCUT2D eigenvalue weighted by molar-refractivity contribution is 8.04.